The fourth-order valence-electron chi connectivity index (χ4n) is 2.42. The normalized spacial score (nSPS) is 23.8. The lowest BCUT2D eigenvalue weighted by atomic mass is 10.1. The molecule has 0 saturated carbocycles. The van der Waals surface area contributed by atoms with Gasteiger partial charge in [-0.25, -0.2) is 4.98 Å². The summed E-state index contributed by atoms with van der Waals surface area (Å²) in [6, 6.07) is 5.67. The fourth-order valence-corrected chi connectivity index (χ4v) is 2.42. The second-order valence-electron chi connectivity index (χ2n) is 5.08. The average Bonchev–Trinajstić information content (AvgIpc) is 2.88. The van der Waals surface area contributed by atoms with E-state index < -0.39 is 0 Å². The van der Waals surface area contributed by atoms with Crippen LogP contribution >= 0.6 is 0 Å². The number of carbonyl (C=O) groups excluding carboxylic acids is 1. The molecule has 0 radical (unpaired) electrons. The van der Waals surface area contributed by atoms with Crippen molar-refractivity contribution in [2.75, 3.05) is 13.2 Å². The molecule has 5 nitrogen and oxygen atoms in total. The Hall–Kier alpha value is -1.88. The molecule has 2 heterocycles. The Labute approximate surface area is 111 Å². The van der Waals surface area contributed by atoms with Gasteiger partial charge in [0.2, 0.25) is 0 Å². The van der Waals surface area contributed by atoms with Gasteiger partial charge in [0.05, 0.1) is 36.1 Å². The predicted molar refractivity (Wildman–Crippen MR) is 72.0 cm³/mol. The van der Waals surface area contributed by atoms with Crippen LogP contribution < -0.4 is 0 Å². The number of imidazole rings is 1. The van der Waals surface area contributed by atoms with Gasteiger partial charge in [-0.1, -0.05) is 0 Å². The van der Waals surface area contributed by atoms with E-state index >= 15 is 0 Å². The zero-order chi connectivity index (χ0) is 13.4. The molecule has 1 N–H and O–H groups in total. The van der Waals surface area contributed by atoms with Gasteiger partial charge in [-0.05, 0) is 32.0 Å². The number of morpholine rings is 1. The third-order valence-electron chi connectivity index (χ3n) is 3.54. The minimum atomic E-state index is 0.0548. The monoisotopic (exact) mass is 259 g/mol. The molecule has 1 amide bonds. The molecule has 1 aliphatic rings. The lowest BCUT2D eigenvalue weighted by molar-refractivity contribution is -0.0387. The van der Waals surface area contributed by atoms with E-state index in [1.807, 2.05) is 36.9 Å². The second-order valence-corrected chi connectivity index (χ2v) is 5.08. The van der Waals surface area contributed by atoms with Crippen LogP contribution in [0, 0.1) is 0 Å². The van der Waals surface area contributed by atoms with Gasteiger partial charge in [-0.3, -0.25) is 4.79 Å². The van der Waals surface area contributed by atoms with E-state index in [0.29, 0.717) is 18.7 Å². The van der Waals surface area contributed by atoms with Crippen LogP contribution in [0.4, 0.5) is 0 Å². The molecule has 1 aromatic heterocycles. The van der Waals surface area contributed by atoms with Crippen LogP contribution in [0.3, 0.4) is 0 Å². The second kappa shape index (κ2) is 4.66. The molecule has 1 aromatic carbocycles. The third kappa shape index (κ3) is 2.21. The largest absolute Gasteiger partial charge is 0.375 e. The van der Waals surface area contributed by atoms with Gasteiger partial charge in [0, 0.05) is 12.1 Å². The van der Waals surface area contributed by atoms with Gasteiger partial charge in [-0.2, -0.15) is 0 Å². The Morgan fingerprint density at radius 3 is 3.16 bits per heavy atom. The van der Waals surface area contributed by atoms with Crippen molar-refractivity contribution in [3.8, 4) is 0 Å². The number of ether oxygens (including phenoxy) is 1. The number of carbonyl (C=O) groups is 1. The number of benzene rings is 1. The highest BCUT2D eigenvalue weighted by atomic mass is 16.5. The summed E-state index contributed by atoms with van der Waals surface area (Å²) < 4.78 is 5.55. The van der Waals surface area contributed by atoms with Gasteiger partial charge in [0.25, 0.3) is 5.91 Å². The van der Waals surface area contributed by atoms with Crippen LogP contribution in [0.2, 0.25) is 0 Å². The van der Waals surface area contributed by atoms with Crippen molar-refractivity contribution in [2.45, 2.75) is 26.0 Å². The highest BCUT2D eigenvalue weighted by molar-refractivity contribution is 5.97. The molecule has 100 valence electrons. The minimum Gasteiger partial charge on any atom is -0.375 e. The molecular weight excluding hydrogens is 242 g/mol. The van der Waals surface area contributed by atoms with Crippen molar-refractivity contribution in [3.63, 3.8) is 0 Å². The van der Waals surface area contributed by atoms with E-state index in [-0.39, 0.29) is 18.1 Å². The first-order valence-electron chi connectivity index (χ1n) is 6.51. The number of hydrogen-bond acceptors (Lipinski definition) is 3. The summed E-state index contributed by atoms with van der Waals surface area (Å²) in [6.07, 6.45) is 1.73. The maximum atomic E-state index is 12.6. The number of H-pyrrole nitrogens is 1. The maximum Gasteiger partial charge on any atom is 0.254 e. The number of aromatic amines is 1. The first-order valence-corrected chi connectivity index (χ1v) is 6.51. The molecular formula is C14H17N3O2. The van der Waals surface area contributed by atoms with E-state index in [1.165, 1.54) is 0 Å². The lowest BCUT2D eigenvalue weighted by Gasteiger charge is -2.36. The smallest absolute Gasteiger partial charge is 0.254 e. The number of aromatic nitrogens is 2. The Kier molecular flexibility index (Phi) is 2.98. The first kappa shape index (κ1) is 12.2. The van der Waals surface area contributed by atoms with Gasteiger partial charge in [-0.15, -0.1) is 0 Å². The Morgan fingerprint density at radius 2 is 2.32 bits per heavy atom. The summed E-state index contributed by atoms with van der Waals surface area (Å²) in [7, 11) is 0. The van der Waals surface area contributed by atoms with Crippen molar-refractivity contribution in [1.82, 2.24) is 14.9 Å². The molecule has 2 aromatic rings. The van der Waals surface area contributed by atoms with Gasteiger partial charge < -0.3 is 14.6 Å². The first-order chi connectivity index (χ1) is 9.15. The molecule has 0 bridgehead atoms. The van der Waals surface area contributed by atoms with Crippen molar-refractivity contribution < 1.29 is 9.53 Å². The molecule has 5 heteroatoms. The van der Waals surface area contributed by atoms with Crippen LogP contribution in [0.5, 0.6) is 0 Å². The summed E-state index contributed by atoms with van der Waals surface area (Å²) in [5, 5.41) is 0. The predicted octanol–water partition coefficient (Wildman–Crippen LogP) is 1.81. The summed E-state index contributed by atoms with van der Waals surface area (Å²) in [5.41, 5.74) is 2.46. The molecule has 0 spiro atoms. The van der Waals surface area contributed by atoms with Crippen molar-refractivity contribution in [1.29, 1.82) is 0 Å². The molecule has 2 atom stereocenters. The van der Waals surface area contributed by atoms with Crippen molar-refractivity contribution in [3.05, 3.63) is 30.1 Å². The Morgan fingerprint density at radius 1 is 1.47 bits per heavy atom. The SMILES string of the molecule is CC1CN(C(=O)c2ccc3nc[nH]c3c2)C(C)CO1. The van der Waals surface area contributed by atoms with E-state index in [2.05, 4.69) is 9.97 Å². The molecule has 2 unspecified atom stereocenters. The summed E-state index contributed by atoms with van der Waals surface area (Å²) in [5.74, 6) is 0.0548. The molecule has 1 aliphatic heterocycles. The average molecular weight is 259 g/mol. The van der Waals surface area contributed by atoms with Crippen LogP contribution in [-0.4, -0.2) is 46.1 Å². The number of nitrogens with one attached hydrogen (secondary N) is 1. The Balaban J connectivity index is 1.89. The number of nitrogens with zero attached hydrogens (tertiary/aromatic N) is 2. The topological polar surface area (TPSA) is 58.2 Å². The van der Waals surface area contributed by atoms with Crippen molar-refractivity contribution >= 4 is 16.9 Å². The lowest BCUT2D eigenvalue weighted by Crippen LogP contribution is -2.50. The maximum absolute atomic E-state index is 12.6. The molecule has 19 heavy (non-hydrogen) atoms. The number of rotatable bonds is 1. The van der Waals surface area contributed by atoms with Crippen LogP contribution in [0.25, 0.3) is 11.0 Å². The standard InChI is InChI=1S/C14H17N3O2/c1-9-7-19-10(2)6-17(9)14(18)11-3-4-12-13(5-11)16-8-15-12/h3-5,8-10H,6-7H2,1-2H3,(H,15,16). The number of hydrogen-bond donors (Lipinski definition) is 1. The summed E-state index contributed by atoms with van der Waals surface area (Å²) in [4.78, 5) is 21.6. The fraction of sp³-hybridized carbons (Fsp3) is 0.429. The number of amides is 1. The summed E-state index contributed by atoms with van der Waals surface area (Å²) >= 11 is 0. The van der Waals surface area contributed by atoms with Gasteiger partial charge in [0.1, 0.15) is 0 Å². The van der Waals surface area contributed by atoms with E-state index in [0.717, 1.165) is 11.0 Å². The van der Waals surface area contributed by atoms with Crippen LogP contribution in [0.1, 0.15) is 24.2 Å². The quantitative estimate of drug-likeness (QED) is 0.849. The highest BCUT2D eigenvalue weighted by Crippen LogP contribution is 2.18. The van der Waals surface area contributed by atoms with E-state index in [9.17, 15) is 4.79 Å². The van der Waals surface area contributed by atoms with E-state index in [4.69, 9.17) is 4.74 Å². The Bertz CT molecular complexity index is 608. The number of fused-ring (bicyclic) bond motifs is 1. The van der Waals surface area contributed by atoms with E-state index in [1.54, 1.807) is 6.33 Å². The van der Waals surface area contributed by atoms with Gasteiger partial charge in [0.15, 0.2) is 0 Å². The molecule has 0 aliphatic carbocycles. The molecule has 1 fully saturated rings. The highest BCUT2D eigenvalue weighted by Gasteiger charge is 2.28. The van der Waals surface area contributed by atoms with Crippen molar-refractivity contribution in [2.24, 2.45) is 0 Å². The molecule has 3 rings (SSSR count). The summed E-state index contributed by atoms with van der Waals surface area (Å²) in [6.45, 7) is 5.24. The van der Waals surface area contributed by atoms with Crippen LogP contribution in [0.15, 0.2) is 24.5 Å². The van der Waals surface area contributed by atoms with Crippen LogP contribution in [-0.2, 0) is 4.74 Å². The zero-order valence-corrected chi connectivity index (χ0v) is 11.1. The minimum absolute atomic E-state index is 0.0548. The molecule has 1 saturated heterocycles. The zero-order valence-electron chi connectivity index (χ0n) is 11.1. The third-order valence-corrected chi connectivity index (χ3v) is 3.54. The van der Waals surface area contributed by atoms with Gasteiger partial charge >= 0.3 is 0 Å².